The molecule has 96 valence electrons. The van der Waals surface area contributed by atoms with Gasteiger partial charge in [-0.3, -0.25) is 0 Å². The van der Waals surface area contributed by atoms with Crippen LogP contribution in [0.25, 0.3) is 0 Å². The van der Waals surface area contributed by atoms with Crippen LogP contribution in [0.4, 0.5) is 5.82 Å². The number of aliphatic hydroxyl groups excluding tert-OH is 1. The minimum Gasteiger partial charge on any atom is -0.392 e. The number of hydrogen-bond acceptors (Lipinski definition) is 4. The van der Waals surface area contributed by atoms with Crippen molar-refractivity contribution in [3.8, 4) is 0 Å². The van der Waals surface area contributed by atoms with Gasteiger partial charge in [-0.05, 0) is 38.0 Å². The normalized spacial score (nSPS) is 12.5. The lowest BCUT2D eigenvalue weighted by Gasteiger charge is -2.30. The van der Waals surface area contributed by atoms with Gasteiger partial charge in [0, 0.05) is 19.9 Å². The highest BCUT2D eigenvalue weighted by Gasteiger charge is 2.15. The summed E-state index contributed by atoms with van der Waals surface area (Å²) < 4.78 is 5.18. The van der Waals surface area contributed by atoms with Gasteiger partial charge in [0.25, 0.3) is 0 Å². The lowest BCUT2D eigenvalue weighted by molar-refractivity contribution is 0.181. The molecule has 4 nitrogen and oxygen atoms in total. The van der Waals surface area contributed by atoms with Crippen LogP contribution in [0.1, 0.15) is 25.0 Å². The van der Waals surface area contributed by atoms with Gasteiger partial charge in [0.2, 0.25) is 0 Å². The molecule has 17 heavy (non-hydrogen) atoms. The highest BCUT2D eigenvalue weighted by Crippen LogP contribution is 2.20. The summed E-state index contributed by atoms with van der Waals surface area (Å²) in [7, 11) is 1.71. The molecule has 1 N–H and O–H groups in total. The molecule has 0 saturated heterocycles. The number of methoxy groups -OCH3 is 1. The number of aliphatic hydroxyl groups is 1. The van der Waals surface area contributed by atoms with Crippen molar-refractivity contribution in [1.29, 1.82) is 0 Å². The molecular formula is C13H22N2O2. The molecule has 0 aliphatic rings. The Balaban J connectivity index is 2.95. The molecule has 1 aromatic heterocycles. The lowest BCUT2D eigenvalue weighted by Crippen LogP contribution is -2.37. The Labute approximate surface area is 103 Å². The Morgan fingerprint density at radius 3 is 2.71 bits per heavy atom. The van der Waals surface area contributed by atoms with E-state index in [1.807, 2.05) is 13.0 Å². The van der Waals surface area contributed by atoms with Gasteiger partial charge in [-0.25, -0.2) is 4.98 Å². The molecule has 0 radical (unpaired) electrons. The first-order chi connectivity index (χ1) is 8.13. The van der Waals surface area contributed by atoms with E-state index in [-0.39, 0.29) is 12.6 Å². The summed E-state index contributed by atoms with van der Waals surface area (Å²) >= 11 is 0. The Kier molecular flexibility index (Phi) is 5.38. The molecule has 0 aliphatic heterocycles. The molecule has 1 aromatic rings. The highest BCUT2D eigenvalue weighted by molar-refractivity contribution is 5.48. The van der Waals surface area contributed by atoms with Gasteiger partial charge >= 0.3 is 0 Å². The first-order valence-electron chi connectivity index (χ1n) is 5.96. The van der Waals surface area contributed by atoms with Crippen molar-refractivity contribution >= 4 is 5.82 Å². The third kappa shape index (κ3) is 3.41. The molecule has 0 aliphatic carbocycles. The van der Waals surface area contributed by atoms with Crippen molar-refractivity contribution in [3.63, 3.8) is 0 Å². The van der Waals surface area contributed by atoms with Crippen LogP contribution in [0.15, 0.2) is 12.3 Å². The van der Waals surface area contributed by atoms with Crippen LogP contribution in [0.3, 0.4) is 0 Å². The fourth-order valence-electron chi connectivity index (χ4n) is 2.01. The zero-order valence-electron chi connectivity index (χ0n) is 11.1. The quantitative estimate of drug-likeness (QED) is 0.820. The molecule has 0 spiro atoms. The van der Waals surface area contributed by atoms with Crippen molar-refractivity contribution in [2.75, 3.05) is 25.2 Å². The van der Waals surface area contributed by atoms with E-state index in [0.717, 1.165) is 23.5 Å². The van der Waals surface area contributed by atoms with Gasteiger partial charge in [-0.2, -0.15) is 0 Å². The van der Waals surface area contributed by atoms with Crippen molar-refractivity contribution in [1.82, 2.24) is 4.98 Å². The molecule has 4 heteroatoms. The number of rotatable bonds is 6. The standard InChI is InChI=1S/C13H22N2O2/c1-5-15(11(3)9-17-4)13-10(2)6-12(8-16)7-14-13/h6-7,11,16H,5,8-9H2,1-4H3. The molecule has 1 unspecified atom stereocenters. The van der Waals surface area contributed by atoms with E-state index in [9.17, 15) is 0 Å². The summed E-state index contributed by atoms with van der Waals surface area (Å²) in [5.41, 5.74) is 1.93. The van der Waals surface area contributed by atoms with Crippen molar-refractivity contribution in [2.45, 2.75) is 33.4 Å². The van der Waals surface area contributed by atoms with Crippen molar-refractivity contribution < 1.29 is 9.84 Å². The molecule has 0 saturated carbocycles. The number of aryl methyl sites for hydroxylation is 1. The number of anilines is 1. The SMILES string of the molecule is CCN(c1ncc(CO)cc1C)C(C)COC. The van der Waals surface area contributed by atoms with Gasteiger partial charge in [0.1, 0.15) is 5.82 Å². The van der Waals surface area contributed by atoms with Gasteiger partial charge < -0.3 is 14.7 Å². The van der Waals surface area contributed by atoms with E-state index in [2.05, 4.69) is 23.7 Å². The van der Waals surface area contributed by atoms with Gasteiger partial charge in [-0.15, -0.1) is 0 Å². The van der Waals surface area contributed by atoms with Crippen LogP contribution in [-0.2, 0) is 11.3 Å². The van der Waals surface area contributed by atoms with Crippen LogP contribution < -0.4 is 4.90 Å². The van der Waals surface area contributed by atoms with Crippen LogP contribution in [0.2, 0.25) is 0 Å². The maximum atomic E-state index is 9.07. The number of aromatic nitrogens is 1. The van der Waals surface area contributed by atoms with Crippen LogP contribution >= 0.6 is 0 Å². The summed E-state index contributed by atoms with van der Waals surface area (Å²) in [6.45, 7) is 7.84. The monoisotopic (exact) mass is 238 g/mol. The average Bonchev–Trinajstić information content (AvgIpc) is 2.32. The second-order valence-electron chi connectivity index (χ2n) is 4.23. The molecule has 0 amide bonds. The average molecular weight is 238 g/mol. The summed E-state index contributed by atoms with van der Waals surface area (Å²) in [5.74, 6) is 0.967. The minimum absolute atomic E-state index is 0.0356. The maximum absolute atomic E-state index is 9.07. The Morgan fingerprint density at radius 2 is 2.24 bits per heavy atom. The van der Waals surface area contributed by atoms with Crippen molar-refractivity contribution in [2.24, 2.45) is 0 Å². The van der Waals surface area contributed by atoms with Gasteiger partial charge in [0.15, 0.2) is 0 Å². The Hall–Kier alpha value is -1.13. The van der Waals surface area contributed by atoms with E-state index in [4.69, 9.17) is 9.84 Å². The van der Waals surface area contributed by atoms with Crippen LogP contribution in [0, 0.1) is 6.92 Å². The fourth-order valence-corrected chi connectivity index (χ4v) is 2.01. The second-order valence-corrected chi connectivity index (χ2v) is 4.23. The van der Waals surface area contributed by atoms with E-state index >= 15 is 0 Å². The van der Waals surface area contributed by atoms with E-state index in [1.54, 1.807) is 13.3 Å². The summed E-state index contributed by atoms with van der Waals surface area (Å²) in [6.07, 6.45) is 1.73. The zero-order valence-corrected chi connectivity index (χ0v) is 11.1. The van der Waals surface area contributed by atoms with E-state index in [1.165, 1.54) is 0 Å². The number of hydrogen-bond donors (Lipinski definition) is 1. The predicted molar refractivity (Wildman–Crippen MR) is 69.3 cm³/mol. The Morgan fingerprint density at radius 1 is 1.53 bits per heavy atom. The largest absolute Gasteiger partial charge is 0.392 e. The predicted octanol–water partition coefficient (Wildman–Crippen LogP) is 1.74. The molecule has 1 heterocycles. The number of nitrogens with zero attached hydrogens (tertiary/aromatic N) is 2. The minimum atomic E-state index is 0.0356. The molecular weight excluding hydrogens is 216 g/mol. The van der Waals surface area contributed by atoms with Gasteiger partial charge in [-0.1, -0.05) is 0 Å². The van der Waals surface area contributed by atoms with E-state index < -0.39 is 0 Å². The summed E-state index contributed by atoms with van der Waals surface area (Å²) in [5, 5.41) is 9.07. The molecule has 0 fully saturated rings. The van der Waals surface area contributed by atoms with Crippen molar-refractivity contribution in [3.05, 3.63) is 23.4 Å². The van der Waals surface area contributed by atoms with E-state index in [0.29, 0.717) is 6.61 Å². The third-order valence-electron chi connectivity index (χ3n) is 2.84. The molecule has 1 rings (SSSR count). The molecule has 0 bridgehead atoms. The highest BCUT2D eigenvalue weighted by atomic mass is 16.5. The summed E-state index contributed by atoms with van der Waals surface area (Å²) in [6, 6.07) is 2.26. The zero-order chi connectivity index (χ0) is 12.8. The third-order valence-corrected chi connectivity index (χ3v) is 2.84. The molecule has 0 aromatic carbocycles. The smallest absolute Gasteiger partial charge is 0.131 e. The maximum Gasteiger partial charge on any atom is 0.131 e. The van der Waals surface area contributed by atoms with Crippen LogP contribution in [0.5, 0.6) is 0 Å². The number of ether oxygens (including phenoxy) is 1. The first-order valence-corrected chi connectivity index (χ1v) is 5.96. The number of pyridine rings is 1. The van der Waals surface area contributed by atoms with Crippen LogP contribution in [-0.4, -0.2) is 36.4 Å². The topological polar surface area (TPSA) is 45.6 Å². The van der Waals surface area contributed by atoms with Gasteiger partial charge in [0.05, 0.1) is 19.3 Å². The number of likely N-dealkylation sites (N-methyl/N-ethyl adjacent to an activating group) is 1. The lowest BCUT2D eigenvalue weighted by atomic mass is 10.2. The second kappa shape index (κ2) is 6.57. The molecule has 1 atom stereocenters. The summed E-state index contributed by atoms with van der Waals surface area (Å²) in [4.78, 5) is 6.64. The first kappa shape index (κ1) is 13.9. The fraction of sp³-hybridized carbons (Fsp3) is 0.615. The Bertz CT molecular complexity index is 355.